The molecular weight excluding hydrogens is 266 g/mol. The molecule has 2 N–H and O–H groups in total. The number of amides is 1. The van der Waals surface area contributed by atoms with Crippen LogP contribution < -0.4 is 5.32 Å². The Morgan fingerprint density at radius 3 is 2.84 bits per heavy atom. The van der Waals surface area contributed by atoms with Crippen LogP contribution in [0.4, 0.5) is 0 Å². The van der Waals surface area contributed by atoms with Crippen molar-refractivity contribution < 1.29 is 18.3 Å². The maximum absolute atomic E-state index is 11.7. The maximum atomic E-state index is 11.7. The predicted octanol–water partition coefficient (Wildman–Crippen LogP) is 0.833. The number of hydrogen-bond donors (Lipinski definition) is 2. The fraction of sp³-hybridized carbons (Fsp3) is 0.462. The highest BCUT2D eigenvalue weighted by atomic mass is 32.2. The maximum Gasteiger partial charge on any atom is 0.220 e. The van der Waals surface area contributed by atoms with Gasteiger partial charge in [-0.1, -0.05) is 12.1 Å². The zero-order valence-corrected chi connectivity index (χ0v) is 11.3. The molecule has 1 saturated heterocycles. The van der Waals surface area contributed by atoms with Gasteiger partial charge in [0.25, 0.3) is 0 Å². The monoisotopic (exact) mass is 283 g/mol. The third-order valence-electron chi connectivity index (χ3n) is 3.20. The highest BCUT2D eigenvalue weighted by Gasteiger charge is 2.29. The molecule has 5 nitrogen and oxygen atoms in total. The number of aromatic hydroxyl groups is 1. The summed E-state index contributed by atoms with van der Waals surface area (Å²) in [6.07, 6.45) is 0.819. The van der Waals surface area contributed by atoms with Crippen LogP contribution >= 0.6 is 0 Å². The molecule has 1 fully saturated rings. The Hall–Kier alpha value is -1.56. The Morgan fingerprint density at radius 1 is 1.42 bits per heavy atom. The van der Waals surface area contributed by atoms with E-state index >= 15 is 0 Å². The third kappa shape index (κ3) is 4.24. The summed E-state index contributed by atoms with van der Waals surface area (Å²) in [5.41, 5.74) is 0.812. The average molecular weight is 283 g/mol. The highest BCUT2D eigenvalue weighted by Crippen LogP contribution is 2.21. The Labute approximate surface area is 112 Å². The van der Waals surface area contributed by atoms with Gasteiger partial charge in [0, 0.05) is 13.0 Å². The first-order valence-corrected chi connectivity index (χ1v) is 8.02. The van der Waals surface area contributed by atoms with Gasteiger partial charge >= 0.3 is 0 Å². The molecule has 1 aromatic rings. The van der Waals surface area contributed by atoms with Gasteiger partial charge in [0.1, 0.15) is 5.75 Å². The summed E-state index contributed by atoms with van der Waals surface area (Å²) in [7, 11) is -2.93. The molecule has 0 aromatic heterocycles. The van der Waals surface area contributed by atoms with Crippen LogP contribution in [0.1, 0.15) is 18.4 Å². The van der Waals surface area contributed by atoms with E-state index in [4.69, 9.17) is 0 Å². The van der Waals surface area contributed by atoms with Crippen LogP contribution in [-0.4, -0.2) is 30.9 Å². The molecule has 0 radical (unpaired) electrons. The molecule has 6 heteroatoms. The fourth-order valence-electron chi connectivity index (χ4n) is 2.23. The van der Waals surface area contributed by atoms with E-state index in [-0.39, 0.29) is 35.5 Å². The van der Waals surface area contributed by atoms with Crippen molar-refractivity contribution in [1.82, 2.24) is 5.32 Å². The smallest absolute Gasteiger partial charge is 0.220 e. The van der Waals surface area contributed by atoms with Crippen LogP contribution in [0.25, 0.3) is 0 Å². The molecule has 1 unspecified atom stereocenters. The van der Waals surface area contributed by atoms with Crippen LogP contribution in [0, 0.1) is 5.92 Å². The van der Waals surface area contributed by atoms with Gasteiger partial charge in [-0.2, -0.15) is 0 Å². The quantitative estimate of drug-likeness (QED) is 0.857. The molecule has 1 aromatic carbocycles. The first kappa shape index (κ1) is 13.9. The number of carbonyl (C=O) groups excluding carboxylic acids is 1. The zero-order chi connectivity index (χ0) is 13.9. The van der Waals surface area contributed by atoms with E-state index in [2.05, 4.69) is 5.32 Å². The molecule has 1 aliphatic rings. The number of phenolic OH excluding ortho intramolecular Hbond substituents is 1. The van der Waals surface area contributed by atoms with Crippen molar-refractivity contribution in [3.63, 3.8) is 0 Å². The number of carbonyl (C=O) groups is 1. The molecule has 19 heavy (non-hydrogen) atoms. The van der Waals surface area contributed by atoms with Crippen molar-refractivity contribution >= 4 is 15.7 Å². The van der Waals surface area contributed by atoms with E-state index in [0.717, 1.165) is 5.56 Å². The second kappa shape index (κ2) is 5.61. The lowest BCUT2D eigenvalue weighted by molar-refractivity contribution is -0.122. The normalized spacial score (nSPS) is 21.2. The molecule has 1 atom stereocenters. The molecule has 0 saturated carbocycles. The fourth-order valence-corrected chi connectivity index (χ4v) is 4.10. The number of nitrogens with one attached hydrogen (secondary N) is 1. The minimum Gasteiger partial charge on any atom is -0.508 e. The van der Waals surface area contributed by atoms with Crippen molar-refractivity contribution in [1.29, 1.82) is 0 Å². The lowest BCUT2D eigenvalue weighted by Gasteiger charge is -2.09. The third-order valence-corrected chi connectivity index (χ3v) is 5.04. The minimum atomic E-state index is -2.93. The topological polar surface area (TPSA) is 83.5 Å². The molecule has 1 amide bonds. The summed E-state index contributed by atoms with van der Waals surface area (Å²) in [5.74, 6) is 0.262. The van der Waals surface area contributed by atoms with E-state index in [1.807, 2.05) is 0 Å². The molecule has 104 valence electrons. The number of phenols is 1. The largest absolute Gasteiger partial charge is 0.508 e. The number of sulfone groups is 1. The Bertz CT molecular complexity index is 568. The summed E-state index contributed by atoms with van der Waals surface area (Å²) in [5, 5.41) is 12.0. The molecule has 1 heterocycles. The van der Waals surface area contributed by atoms with Gasteiger partial charge in [-0.05, 0) is 30.0 Å². The van der Waals surface area contributed by atoms with Crippen molar-refractivity contribution in [2.24, 2.45) is 5.92 Å². The molecule has 0 aliphatic carbocycles. The van der Waals surface area contributed by atoms with Gasteiger partial charge < -0.3 is 10.4 Å². The molecule has 2 rings (SSSR count). The van der Waals surface area contributed by atoms with E-state index in [0.29, 0.717) is 13.0 Å². The van der Waals surface area contributed by atoms with Crippen LogP contribution in [0.2, 0.25) is 0 Å². The summed E-state index contributed by atoms with van der Waals surface area (Å²) in [4.78, 5) is 11.7. The summed E-state index contributed by atoms with van der Waals surface area (Å²) >= 11 is 0. The van der Waals surface area contributed by atoms with Crippen LogP contribution in [0.15, 0.2) is 24.3 Å². The van der Waals surface area contributed by atoms with Gasteiger partial charge in [0.05, 0.1) is 11.5 Å². The van der Waals surface area contributed by atoms with Gasteiger partial charge in [0.15, 0.2) is 9.84 Å². The van der Waals surface area contributed by atoms with E-state index < -0.39 is 9.84 Å². The standard InChI is InChI=1S/C13H17NO4S/c15-12-3-1-2-10(6-12)8-14-13(16)7-11-4-5-19(17,18)9-11/h1-3,6,11,15H,4-5,7-9H2,(H,14,16). The van der Waals surface area contributed by atoms with Gasteiger partial charge in [-0.3, -0.25) is 4.79 Å². The van der Waals surface area contributed by atoms with Crippen LogP contribution in [0.3, 0.4) is 0 Å². The van der Waals surface area contributed by atoms with Crippen molar-refractivity contribution in [2.75, 3.05) is 11.5 Å². The minimum absolute atomic E-state index is 0.0609. The molecular formula is C13H17NO4S. The van der Waals surface area contributed by atoms with Gasteiger partial charge in [-0.15, -0.1) is 0 Å². The first-order chi connectivity index (χ1) is 8.94. The Morgan fingerprint density at radius 2 is 2.21 bits per heavy atom. The first-order valence-electron chi connectivity index (χ1n) is 6.20. The number of rotatable bonds is 4. The SMILES string of the molecule is O=C(CC1CCS(=O)(=O)C1)NCc1cccc(O)c1. The number of benzene rings is 1. The summed E-state index contributed by atoms with van der Waals surface area (Å²) < 4.78 is 22.6. The molecule has 0 bridgehead atoms. The molecule has 1 aliphatic heterocycles. The zero-order valence-electron chi connectivity index (χ0n) is 10.5. The second-order valence-corrected chi connectivity index (χ2v) is 7.15. The average Bonchev–Trinajstić information content (AvgIpc) is 2.66. The van der Waals surface area contributed by atoms with Crippen molar-refractivity contribution in [3.8, 4) is 5.75 Å². The van der Waals surface area contributed by atoms with E-state index in [1.165, 1.54) is 0 Å². The van der Waals surface area contributed by atoms with Crippen LogP contribution in [-0.2, 0) is 21.2 Å². The lowest BCUT2D eigenvalue weighted by Crippen LogP contribution is -2.25. The summed E-state index contributed by atoms with van der Waals surface area (Å²) in [6, 6.07) is 6.66. The Balaban J connectivity index is 1.79. The lowest BCUT2D eigenvalue weighted by atomic mass is 10.0. The predicted molar refractivity (Wildman–Crippen MR) is 71.3 cm³/mol. The van der Waals surface area contributed by atoms with E-state index in [9.17, 15) is 18.3 Å². The second-order valence-electron chi connectivity index (χ2n) is 4.92. The van der Waals surface area contributed by atoms with Crippen molar-refractivity contribution in [3.05, 3.63) is 29.8 Å². The Kier molecular flexibility index (Phi) is 4.09. The van der Waals surface area contributed by atoms with Gasteiger partial charge in [0.2, 0.25) is 5.91 Å². The number of hydrogen-bond acceptors (Lipinski definition) is 4. The molecule has 0 spiro atoms. The summed E-state index contributed by atoms with van der Waals surface area (Å²) in [6.45, 7) is 0.340. The van der Waals surface area contributed by atoms with E-state index in [1.54, 1.807) is 24.3 Å². The van der Waals surface area contributed by atoms with Crippen LogP contribution in [0.5, 0.6) is 5.75 Å². The van der Waals surface area contributed by atoms with Gasteiger partial charge in [-0.25, -0.2) is 8.42 Å². The highest BCUT2D eigenvalue weighted by molar-refractivity contribution is 7.91. The van der Waals surface area contributed by atoms with Crippen molar-refractivity contribution in [2.45, 2.75) is 19.4 Å².